The van der Waals surface area contributed by atoms with Crippen LogP contribution < -0.4 is 14.8 Å². The fourth-order valence-corrected chi connectivity index (χ4v) is 3.17. The highest BCUT2D eigenvalue weighted by atomic mass is 35.5. The second-order valence-electron chi connectivity index (χ2n) is 6.70. The summed E-state index contributed by atoms with van der Waals surface area (Å²) >= 11 is 6.44. The van der Waals surface area contributed by atoms with E-state index in [1.54, 1.807) is 0 Å². The number of halogens is 5. The van der Waals surface area contributed by atoms with Gasteiger partial charge in [-0.05, 0) is 55.4 Å². The maximum Gasteiger partial charge on any atom is 0.673 e. The zero-order chi connectivity index (χ0) is 18.7. The van der Waals surface area contributed by atoms with Crippen molar-refractivity contribution in [2.75, 3.05) is 4.90 Å². The van der Waals surface area contributed by atoms with Crippen LogP contribution in [0.1, 0.15) is 55.4 Å². The third kappa shape index (κ3) is 7.15. The molecule has 0 heterocycles. The minimum absolute atomic E-state index is 0.479. The van der Waals surface area contributed by atoms with E-state index in [2.05, 4.69) is 64.9 Å². The van der Waals surface area contributed by atoms with Gasteiger partial charge in [-0.2, -0.15) is 0 Å². The molecule has 0 N–H and O–H groups in total. The van der Waals surface area contributed by atoms with E-state index >= 15 is 0 Å². The van der Waals surface area contributed by atoms with E-state index in [9.17, 15) is 17.3 Å². The second-order valence-corrected chi connectivity index (χ2v) is 7.07. The maximum absolute atomic E-state index is 9.75. The summed E-state index contributed by atoms with van der Waals surface area (Å²) in [7, 11) is -6.00. The molecule has 0 aromatic heterocycles. The van der Waals surface area contributed by atoms with Gasteiger partial charge in [0.05, 0.1) is 0 Å². The first-order valence-electron chi connectivity index (χ1n) is 7.91. The van der Waals surface area contributed by atoms with Crippen LogP contribution in [0.15, 0.2) is 0 Å². The number of hydrogen-bond acceptors (Lipinski definition) is 1. The lowest BCUT2D eigenvalue weighted by atomic mass is 10.2. The Morgan fingerprint density at radius 2 is 1.13 bits per heavy atom. The third-order valence-corrected chi connectivity index (χ3v) is 3.68. The Bertz CT molecular complexity index is 491. The highest BCUT2D eigenvalue weighted by Gasteiger charge is 2.36. The zero-order valence-corrected chi connectivity index (χ0v) is 15.9. The predicted octanol–water partition coefficient (Wildman–Crippen LogP) is 4.73. The van der Waals surface area contributed by atoms with Gasteiger partial charge in [-0.3, -0.25) is 0 Å². The van der Waals surface area contributed by atoms with Gasteiger partial charge in [0.1, 0.15) is 22.8 Å². The lowest BCUT2D eigenvalue weighted by Gasteiger charge is -2.29. The maximum atomic E-state index is 9.75. The van der Waals surface area contributed by atoms with Crippen molar-refractivity contribution in [3.63, 3.8) is 0 Å². The molecule has 0 saturated carbocycles. The quantitative estimate of drug-likeness (QED) is 0.419. The van der Waals surface area contributed by atoms with Crippen molar-refractivity contribution in [2.24, 2.45) is 0 Å². The summed E-state index contributed by atoms with van der Waals surface area (Å²) in [5, 5.41) is 2.21. The molecule has 8 heteroatoms. The first-order chi connectivity index (χ1) is 10.2. The molecule has 0 aliphatic heterocycles. The molecule has 0 unspecified atom stereocenters. The van der Waals surface area contributed by atoms with E-state index in [0.29, 0.717) is 24.2 Å². The van der Waals surface area contributed by atoms with E-state index in [1.807, 2.05) is 0 Å². The number of hydrogen-bond donors (Lipinski definition) is 0. The van der Waals surface area contributed by atoms with Gasteiger partial charge in [0.15, 0.2) is 0 Å². The first kappa shape index (κ1) is 22.3. The van der Waals surface area contributed by atoms with Crippen molar-refractivity contribution in [3.8, 4) is 0 Å². The lowest BCUT2D eigenvalue weighted by molar-refractivity contribution is 0.368. The smallest absolute Gasteiger partial charge is 0.418 e. The van der Waals surface area contributed by atoms with E-state index in [1.165, 1.54) is 11.0 Å². The largest absolute Gasteiger partial charge is 0.673 e. The summed E-state index contributed by atoms with van der Waals surface area (Å²) in [5.41, 5.74) is 1.25. The zero-order valence-electron chi connectivity index (χ0n) is 15.2. The van der Waals surface area contributed by atoms with Crippen molar-refractivity contribution >= 4 is 24.5 Å². The molecule has 2 nitrogen and oxygen atoms in total. The van der Waals surface area contributed by atoms with Crippen LogP contribution in [0, 0.1) is 0 Å². The SMILES string of the molecule is CC(C)N(c1c(Cl)c1=[N+](C(C)C)C(C)C)C(C)C.F[B-](F)(F)F. The molecule has 0 aliphatic carbocycles. The van der Waals surface area contributed by atoms with Crippen molar-refractivity contribution in [1.82, 2.24) is 4.58 Å². The number of anilines is 1. The van der Waals surface area contributed by atoms with E-state index < -0.39 is 7.25 Å². The molecular formula is C15H28BClF4N2. The van der Waals surface area contributed by atoms with Crippen LogP contribution in [-0.2, 0) is 0 Å². The molecule has 1 aromatic carbocycles. The number of rotatable bonds is 5. The van der Waals surface area contributed by atoms with Gasteiger partial charge >= 0.3 is 7.25 Å². The molecule has 1 rings (SSSR count). The van der Waals surface area contributed by atoms with Crippen molar-refractivity contribution in [3.05, 3.63) is 10.4 Å². The molecule has 23 heavy (non-hydrogen) atoms. The molecule has 0 radical (unpaired) electrons. The topological polar surface area (TPSA) is 6.25 Å². The van der Waals surface area contributed by atoms with Crippen molar-refractivity contribution in [2.45, 2.75) is 79.6 Å². The third-order valence-electron chi connectivity index (χ3n) is 3.32. The Morgan fingerprint density at radius 3 is 1.35 bits per heavy atom. The highest BCUT2D eigenvalue weighted by Crippen LogP contribution is 2.31. The van der Waals surface area contributed by atoms with Gasteiger partial charge in [0.25, 0.3) is 0 Å². The summed E-state index contributed by atoms with van der Waals surface area (Å²) < 4.78 is 41.4. The second kappa shape index (κ2) is 8.40. The molecule has 0 aliphatic rings. The molecule has 0 amide bonds. The van der Waals surface area contributed by atoms with Crippen molar-refractivity contribution in [1.29, 1.82) is 0 Å². The minimum atomic E-state index is -6.00. The van der Waals surface area contributed by atoms with E-state index in [4.69, 9.17) is 11.6 Å². The Hall–Kier alpha value is -0.715. The average Bonchev–Trinajstić information content (AvgIpc) is 2.85. The Labute approximate surface area is 141 Å². The van der Waals surface area contributed by atoms with Gasteiger partial charge in [0.2, 0.25) is 5.36 Å². The summed E-state index contributed by atoms with van der Waals surface area (Å²) in [6.07, 6.45) is 0. The molecule has 136 valence electrons. The Kier molecular flexibility index (Phi) is 8.14. The van der Waals surface area contributed by atoms with Crippen LogP contribution in [0.3, 0.4) is 0 Å². The van der Waals surface area contributed by atoms with Crippen LogP contribution in [0.2, 0.25) is 5.02 Å². The van der Waals surface area contributed by atoms with Crippen LogP contribution >= 0.6 is 11.6 Å². The molecule has 1 aromatic rings. The lowest BCUT2D eigenvalue weighted by Crippen LogP contribution is -2.41. The van der Waals surface area contributed by atoms with Crippen molar-refractivity contribution < 1.29 is 17.3 Å². The summed E-state index contributed by atoms with van der Waals surface area (Å²) in [6.45, 7) is 17.8. The summed E-state index contributed by atoms with van der Waals surface area (Å²) in [5.74, 6) is 0. The van der Waals surface area contributed by atoms with Crippen LogP contribution in [-0.4, -0.2) is 31.4 Å². The highest BCUT2D eigenvalue weighted by molar-refractivity contribution is 6.50. The average molecular weight is 359 g/mol. The fourth-order valence-electron chi connectivity index (χ4n) is 2.84. The summed E-state index contributed by atoms with van der Waals surface area (Å²) in [4.78, 5) is 2.41. The predicted molar refractivity (Wildman–Crippen MR) is 92.3 cm³/mol. The first-order valence-corrected chi connectivity index (χ1v) is 8.29. The van der Waals surface area contributed by atoms with E-state index in [-0.39, 0.29) is 0 Å². The minimum Gasteiger partial charge on any atom is -0.418 e. The molecule has 0 bridgehead atoms. The summed E-state index contributed by atoms with van der Waals surface area (Å²) in [6, 6.07) is 1.92. The van der Waals surface area contributed by atoms with Gasteiger partial charge in [-0.25, -0.2) is 4.58 Å². The molecule has 0 fully saturated rings. The van der Waals surface area contributed by atoms with Gasteiger partial charge in [-0.15, -0.1) is 0 Å². The Balaban J connectivity index is 0.000000841. The van der Waals surface area contributed by atoms with Gasteiger partial charge in [-0.1, -0.05) is 11.6 Å². The Morgan fingerprint density at radius 1 is 0.826 bits per heavy atom. The monoisotopic (exact) mass is 358 g/mol. The van der Waals surface area contributed by atoms with Crippen LogP contribution in [0.4, 0.5) is 23.0 Å². The molecule has 0 saturated heterocycles. The van der Waals surface area contributed by atoms with Crippen LogP contribution in [0.5, 0.6) is 0 Å². The normalized spacial score (nSPS) is 12.4. The standard InChI is InChI=1S/C15H28ClN2.BF4/c1-9(2)17(10(3)4)14-13(16)15(14)18(11(5)6)12(7)8;2-1(3,4)5/h9-12H,1-8H3;/q+1;-1. The van der Waals surface area contributed by atoms with Gasteiger partial charge < -0.3 is 22.2 Å². The fraction of sp³-hybridized carbons (Fsp3) is 0.800. The molecule has 0 spiro atoms. The number of nitrogens with zero attached hydrogens (tertiary/aromatic N) is 2. The van der Waals surface area contributed by atoms with Crippen LogP contribution in [0.25, 0.3) is 0 Å². The van der Waals surface area contributed by atoms with Gasteiger partial charge in [0, 0.05) is 12.1 Å². The molecule has 0 atom stereocenters. The molecular weight excluding hydrogens is 330 g/mol. The van der Waals surface area contributed by atoms with E-state index in [0.717, 1.165) is 5.02 Å².